The number of carbonyl (C=O) groups is 2. The number of pyridine rings is 1. The monoisotopic (exact) mass is 324 g/mol. The first-order valence-electron chi connectivity index (χ1n) is 6.92. The van der Waals surface area contributed by atoms with Crippen molar-refractivity contribution in [3.63, 3.8) is 0 Å². The summed E-state index contributed by atoms with van der Waals surface area (Å²) in [5, 5.41) is 12.9. The van der Waals surface area contributed by atoms with Crippen molar-refractivity contribution in [1.29, 1.82) is 0 Å². The van der Waals surface area contributed by atoms with Gasteiger partial charge in [0.2, 0.25) is 11.8 Å². The Kier molecular flexibility index (Phi) is 4.02. The minimum atomic E-state index is -1.09. The third-order valence-electron chi connectivity index (χ3n) is 3.11. The second kappa shape index (κ2) is 6.29. The van der Waals surface area contributed by atoms with Gasteiger partial charge in [-0.25, -0.2) is 19.7 Å². The molecule has 2 N–H and O–H groups in total. The second-order valence-electron chi connectivity index (χ2n) is 4.87. The zero-order chi connectivity index (χ0) is 17.1. The van der Waals surface area contributed by atoms with Crippen LogP contribution < -0.4 is 10.1 Å². The molecule has 0 unspecified atom stereocenters. The molecule has 0 bridgehead atoms. The maximum absolute atomic E-state index is 11.2. The summed E-state index contributed by atoms with van der Waals surface area (Å²) < 4.78 is 5.64. The number of carboxylic acid groups (broad SMARTS) is 1. The van der Waals surface area contributed by atoms with Gasteiger partial charge >= 0.3 is 5.97 Å². The van der Waals surface area contributed by atoms with E-state index in [1.165, 1.54) is 25.5 Å². The Hall–Kier alpha value is -3.55. The Bertz CT molecular complexity index is 942. The molecular weight excluding hydrogens is 312 g/mol. The van der Waals surface area contributed by atoms with Crippen molar-refractivity contribution in [2.45, 2.75) is 6.92 Å². The maximum Gasteiger partial charge on any atom is 0.355 e. The number of nitrogens with one attached hydrogen (secondary N) is 1. The number of benzene rings is 1. The topological polar surface area (TPSA) is 114 Å². The summed E-state index contributed by atoms with van der Waals surface area (Å²) in [6, 6.07) is 8.11. The van der Waals surface area contributed by atoms with Gasteiger partial charge in [0.05, 0.1) is 0 Å². The number of ether oxygens (including phenoxy) is 1. The lowest BCUT2D eigenvalue weighted by Gasteiger charge is -2.08. The lowest BCUT2D eigenvalue weighted by molar-refractivity contribution is -0.114. The van der Waals surface area contributed by atoms with E-state index in [1.54, 1.807) is 24.3 Å². The number of aromatic nitrogens is 3. The second-order valence-corrected chi connectivity index (χ2v) is 4.87. The van der Waals surface area contributed by atoms with Gasteiger partial charge in [-0.3, -0.25) is 4.79 Å². The fourth-order valence-electron chi connectivity index (χ4n) is 2.15. The molecule has 0 spiro atoms. The molecule has 3 rings (SSSR count). The molecule has 0 aliphatic carbocycles. The summed E-state index contributed by atoms with van der Waals surface area (Å²) >= 11 is 0. The normalized spacial score (nSPS) is 10.4. The van der Waals surface area contributed by atoms with E-state index in [9.17, 15) is 9.59 Å². The van der Waals surface area contributed by atoms with E-state index in [1.807, 2.05) is 0 Å². The van der Waals surface area contributed by atoms with Crippen molar-refractivity contribution in [3.8, 4) is 11.6 Å². The molecule has 0 atom stereocenters. The number of hydrogen-bond donors (Lipinski definition) is 2. The SMILES string of the molecule is CC(=O)Nc1cc(Oc2ccc3c(C(=O)O)nccc3c2)ncn1. The summed E-state index contributed by atoms with van der Waals surface area (Å²) in [6.45, 7) is 1.38. The van der Waals surface area contributed by atoms with E-state index in [0.717, 1.165) is 0 Å². The Morgan fingerprint density at radius 3 is 2.71 bits per heavy atom. The summed E-state index contributed by atoms with van der Waals surface area (Å²) in [4.78, 5) is 34.0. The first-order valence-corrected chi connectivity index (χ1v) is 6.92. The van der Waals surface area contributed by atoms with Gasteiger partial charge in [-0.1, -0.05) is 0 Å². The first-order chi connectivity index (χ1) is 11.5. The molecule has 0 aliphatic heterocycles. The molecule has 1 amide bonds. The number of nitrogens with zero attached hydrogens (tertiary/aromatic N) is 3. The van der Waals surface area contributed by atoms with Crippen molar-refractivity contribution in [2.24, 2.45) is 0 Å². The molecule has 8 nitrogen and oxygen atoms in total. The molecule has 3 aromatic rings. The molecule has 2 aromatic heterocycles. The predicted molar refractivity (Wildman–Crippen MR) is 85.1 cm³/mol. The fraction of sp³-hybridized carbons (Fsp3) is 0.0625. The van der Waals surface area contributed by atoms with Crippen molar-refractivity contribution < 1.29 is 19.4 Å². The maximum atomic E-state index is 11.2. The Morgan fingerprint density at radius 1 is 1.12 bits per heavy atom. The van der Waals surface area contributed by atoms with E-state index in [-0.39, 0.29) is 17.5 Å². The molecule has 2 heterocycles. The summed E-state index contributed by atoms with van der Waals surface area (Å²) in [5.74, 6) is -0.298. The van der Waals surface area contributed by atoms with E-state index in [2.05, 4.69) is 20.3 Å². The number of anilines is 1. The molecular formula is C16H12N4O4. The average molecular weight is 324 g/mol. The van der Waals surface area contributed by atoms with Crippen LogP contribution in [-0.2, 0) is 4.79 Å². The van der Waals surface area contributed by atoms with Crippen LogP contribution >= 0.6 is 0 Å². The van der Waals surface area contributed by atoms with Gasteiger partial charge in [0.25, 0.3) is 0 Å². The van der Waals surface area contributed by atoms with Gasteiger partial charge in [0.15, 0.2) is 5.69 Å². The van der Waals surface area contributed by atoms with Crippen LogP contribution in [0.4, 0.5) is 5.82 Å². The fourth-order valence-corrected chi connectivity index (χ4v) is 2.15. The zero-order valence-corrected chi connectivity index (χ0v) is 12.6. The molecule has 120 valence electrons. The Labute approximate surface area is 136 Å². The molecule has 8 heteroatoms. The number of hydrogen-bond acceptors (Lipinski definition) is 6. The first kappa shape index (κ1) is 15.3. The minimum Gasteiger partial charge on any atom is -0.476 e. The van der Waals surface area contributed by atoms with Crippen LogP contribution in [0.5, 0.6) is 11.6 Å². The van der Waals surface area contributed by atoms with E-state index in [0.29, 0.717) is 22.3 Å². The van der Waals surface area contributed by atoms with Crippen LogP contribution in [0.25, 0.3) is 10.8 Å². The third kappa shape index (κ3) is 3.27. The van der Waals surface area contributed by atoms with Crippen LogP contribution in [0, 0.1) is 0 Å². The number of aromatic carboxylic acids is 1. The lowest BCUT2D eigenvalue weighted by Crippen LogP contribution is -2.07. The number of amides is 1. The standard InChI is InChI=1S/C16H12N4O4/c1-9(21)20-13-7-14(19-8-18-13)24-11-2-3-12-10(6-11)4-5-17-15(12)16(22)23/h2-8H,1H3,(H,22,23)(H,18,19,20,21). The molecule has 24 heavy (non-hydrogen) atoms. The van der Waals surface area contributed by atoms with Crippen LogP contribution in [0.15, 0.2) is 42.9 Å². The number of carboxylic acids is 1. The highest BCUT2D eigenvalue weighted by molar-refractivity contribution is 6.01. The van der Waals surface area contributed by atoms with E-state index < -0.39 is 5.97 Å². The number of fused-ring (bicyclic) bond motifs is 1. The largest absolute Gasteiger partial charge is 0.476 e. The highest BCUT2D eigenvalue weighted by Gasteiger charge is 2.11. The number of rotatable bonds is 4. The molecule has 0 fully saturated rings. The molecule has 0 saturated heterocycles. The Balaban J connectivity index is 1.91. The average Bonchev–Trinajstić information content (AvgIpc) is 2.53. The summed E-state index contributed by atoms with van der Waals surface area (Å²) in [7, 11) is 0. The van der Waals surface area contributed by atoms with Gasteiger partial charge in [0.1, 0.15) is 17.9 Å². The minimum absolute atomic E-state index is 0.0194. The summed E-state index contributed by atoms with van der Waals surface area (Å²) in [6.07, 6.45) is 2.70. The highest BCUT2D eigenvalue weighted by Crippen LogP contribution is 2.26. The van der Waals surface area contributed by atoms with E-state index >= 15 is 0 Å². The lowest BCUT2D eigenvalue weighted by atomic mass is 10.1. The Morgan fingerprint density at radius 2 is 1.96 bits per heavy atom. The molecule has 1 aromatic carbocycles. The van der Waals surface area contributed by atoms with E-state index in [4.69, 9.17) is 9.84 Å². The van der Waals surface area contributed by atoms with Gasteiger partial charge in [0, 0.05) is 24.6 Å². The third-order valence-corrected chi connectivity index (χ3v) is 3.11. The highest BCUT2D eigenvalue weighted by atomic mass is 16.5. The van der Waals surface area contributed by atoms with Crippen molar-refractivity contribution in [3.05, 3.63) is 48.5 Å². The molecule has 0 radical (unpaired) electrons. The van der Waals surface area contributed by atoms with Gasteiger partial charge < -0.3 is 15.2 Å². The predicted octanol–water partition coefficient (Wildman–Crippen LogP) is 2.47. The van der Waals surface area contributed by atoms with Crippen molar-refractivity contribution in [2.75, 3.05) is 5.32 Å². The quantitative estimate of drug-likeness (QED) is 0.757. The van der Waals surface area contributed by atoms with Crippen LogP contribution in [0.3, 0.4) is 0 Å². The summed E-state index contributed by atoms with van der Waals surface area (Å²) in [5.41, 5.74) is -0.0194. The number of carbonyl (C=O) groups excluding carboxylic acids is 1. The molecule has 0 saturated carbocycles. The van der Waals surface area contributed by atoms with Gasteiger partial charge in [-0.05, 0) is 29.7 Å². The van der Waals surface area contributed by atoms with Crippen molar-refractivity contribution in [1.82, 2.24) is 15.0 Å². The van der Waals surface area contributed by atoms with Gasteiger partial charge in [-0.15, -0.1) is 0 Å². The van der Waals surface area contributed by atoms with Crippen LogP contribution in [0.1, 0.15) is 17.4 Å². The van der Waals surface area contributed by atoms with Crippen molar-refractivity contribution >= 4 is 28.5 Å². The smallest absolute Gasteiger partial charge is 0.355 e. The van der Waals surface area contributed by atoms with Crippen LogP contribution in [-0.4, -0.2) is 31.9 Å². The molecule has 0 aliphatic rings. The zero-order valence-electron chi connectivity index (χ0n) is 12.6. The van der Waals surface area contributed by atoms with Gasteiger partial charge in [-0.2, -0.15) is 0 Å². The van der Waals surface area contributed by atoms with Crippen LogP contribution in [0.2, 0.25) is 0 Å².